The monoisotopic (exact) mass is 259 g/mol. The maximum atomic E-state index is 9.47. The van der Waals surface area contributed by atoms with Crippen molar-refractivity contribution in [2.24, 2.45) is 0 Å². The van der Waals surface area contributed by atoms with Gasteiger partial charge in [-0.25, -0.2) is 0 Å². The van der Waals surface area contributed by atoms with E-state index < -0.39 is 6.29 Å². The molecule has 78 valence electrons. The maximum Gasteiger partial charge on any atom is 0.180 e. The lowest BCUT2D eigenvalue weighted by molar-refractivity contribution is -0.0769. The summed E-state index contributed by atoms with van der Waals surface area (Å²) in [7, 11) is 5.37. The van der Waals surface area contributed by atoms with Gasteiger partial charge in [0, 0.05) is 31.2 Å². The van der Waals surface area contributed by atoms with E-state index in [1.165, 1.54) is 7.11 Å². The topological polar surface area (TPSA) is 32.7 Å². The van der Waals surface area contributed by atoms with Crippen LogP contribution >= 0.6 is 15.9 Å². The van der Waals surface area contributed by atoms with Gasteiger partial charge >= 0.3 is 0 Å². The molecule has 0 saturated heterocycles. The van der Waals surface area contributed by atoms with E-state index in [-0.39, 0.29) is 0 Å². The molecule has 0 heterocycles. The first-order valence-corrected chi connectivity index (χ1v) is 5.03. The molecule has 0 fully saturated rings. The van der Waals surface area contributed by atoms with Crippen LogP contribution < -0.4 is 4.90 Å². The van der Waals surface area contributed by atoms with Gasteiger partial charge in [-0.3, -0.25) is 0 Å². The van der Waals surface area contributed by atoms with Gasteiger partial charge in [0.2, 0.25) is 0 Å². The number of benzene rings is 1. The lowest BCUT2D eigenvalue weighted by Crippen LogP contribution is -2.10. The third-order valence-corrected chi connectivity index (χ3v) is 2.63. The summed E-state index contributed by atoms with van der Waals surface area (Å²) < 4.78 is 5.83. The van der Waals surface area contributed by atoms with Gasteiger partial charge < -0.3 is 14.7 Å². The van der Waals surface area contributed by atoms with E-state index in [4.69, 9.17) is 4.74 Å². The van der Waals surface area contributed by atoms with Gasteiger partial charge in [-0.15, -0.1) is 0 Å². The second-order valence-electron chi connectivity index (χ2n) is 3.19. The van der Waals surface area contributed by atoms with Crippen LogP contribution in [0, 0.1) is 0 Å². The van der Waals surface area contributed by atoms with Crippen molar-refractivity contribution < 1.29 is 9.84 Å². The summed E-state index contributed by atoms with van der Waals surface area (Å²) in [5.41, 5.74) is 1.76. The fraction of sp³-hybridized carbons (Fsp3) is 0.400. The SMILES string of the molecule is COC(O)c1ccc(Br)c(N(C)C)c1. The van der Waals surface area contributed by atoms with Crippen LogP contribution in [0.25, 0.3) is 0 Å². The van der Waals surface area contributed by atoms with E-state index >= 15 is 0 Å². The average Bonchev–Trinajstić information content (AvgIpc) is 2.17. The number of halogens is 1. The van der Waals surface area contributed by atoms with Crippen molar-refractivity contribution in [1.29, 1.82) is 0 Å². The highest BCUT2D eigenvalue weighted by atomic mass is 79.9. The number of rotatable bonds is 3. The Hall–Kier alpha value is -0.580. The van der Waals surface area contributed by atoms with Crippen molar-refractivity contribution in [3.8, 4) is 0 Å². The molecule has 1 atom stereocenters. The first-order chi connectivity index (χ1) is 6.56. The normalized spacial score (nSPS) is 12.6. The number of aliphatic hydroxyl groups is 1. The smallest absolute Gasteiger partial charge is 0.180 e. The molecule has 0 aromatic heterocycles. The second-order valence-corrected chi connectivity index (χ2v) is 4.05. The van der Waals surface area contributed by atoms with Gasteiger partial charge in [0.25, 0.3) is 0 Å². The Labute approximate surface area is 92.4 Å². The second kappa shape index (κ2) is 4.77. The minimum atomic E-state index is -0.859. The number of hydrogen-bond donors (Lipinski definition) is 1. The third kappa shape index (κ3) is 2.47. The van der Waals surface area contributed by atoms with Crippen molar-refractivity contribution in [3.63, 3.8) is 0 Å². The predicted octanol–water partition coefficient (Wildman–Crippen LogP) is 2.15. The Kier molecular flexibility index (Phi) is 3.92. The molecule has 0 aliphatic heterocycles. The van der Waals surface area contributed by atoms with Gasteiger partial charge in [-0.1, -0.05) is 6.07 Å². The number of ether oxygens (including phenoxy) is 1. The van der Waals surface area contributed by atoms with Crippen molar-refractivity contribution in [1.82, 2.24) is 0 Å². The minimum absolute atomic E-state index is 0.749. The minimum Gasteiger partial charge on any atom is -0.377 e. The Bertz CT molecular complexity index is 315. The summed E-state index contributed by atoms with van der Waals surface area (Å²) in [6, 6.07) is 5.61. The van der Waals surface area contributed by atoms with E-state index in [1.807, 2.05) is 37.2 Å². The van der Waals surface area contributed by atoms with Crippen molar-refractivity contribution in [3.05, 3.63) is 28.2 Å². The highest BCUT2D eigenvalue weighted by Crippen LogP contribution is 2.28. The number of anilines is 1. The van der Waals surface area contributed by atoms with Crippen molar-refractivity contribution in [2.75, 3.05) is 26.1 Å². The number of aliphatic hydroxyl groups excluding tert-OH is 1. The number of nitrogens with zero attached hydrogens (tertiary/aromatic N) is 1. The third-order valence-electron chi connectivity index (χ3n) is 1.96. The van der Waals surface area contributed by atoms with Crippen LogP contribution in [0.5, 0.6) is 0 Å². The molecule has 0 spiro atoms. The quantitative estimate of drug-likeness (QED) is 0.845. The summed E-state index contributed by atoms with van der Waals surface area (Å²) in [6.45, 7) is 0. The molecule has 14 heavy (non-hydrogen) atoms. The van der Waals surface area contributed by atoms with Gasteiger partial charge in [0.15, 0.2) is 6.29 Å². The van der Waals surface area contributed by atoms with Crippen LogP contribution in [0.3, 0.4) is 0 Å². The van der Waals surface area contributed by atoms with Gasteiger partial charge in [-0.2, -0.15) is 0 Å². The van der Waals surface area contributed by atoms with Gasteiger partial charge in [0.05, 0.1) is 5.69 Å². The molecule has 3 nitrogen and oxygen atoms in total. The zero-order valence-corrected chi connectivity index (χ0v) is 10.1. The van der Waals surface area contributed by atoms with E-state index in [0.29, 0.717) is 0 Å². The molecule has 1 unspecified atom stereocenters. The largest absolute Gasteiger partial charge is 0.377 e. The summed E-state index contributed by atoms with van der Waals surface area (Å²) in [5.74, 6) is 0. The molecule has 1 rings (SSSR count). The fourth-order valence-electron chi connectivity index (χ4n) is 1.16. The molecular weight excluding hydrogens is 246 g/mol. The first-order valence-electron chi connectivity index (χ1n) is 4.24. The Morgan fingerprint density at radius 1 is 1.43 bits per heavy atom. The molecule has 0 aliphatic rings. The molecule has 0 bridgehead atoms. The van der Waals surface area contributed by atoms with Crippen LogP contribution in [0.2, 0.25) is 0 Å². The van der Waals surface area contributed by atoms with Crippen LogP contribution in [0.15, 0.2) is 22.7 Å². The predicted molar refractivity (Wildman–Crippen MR) is 60.4 cm³/mol. The summed E-state index contributed by atoms with van der Waals surface area (Å²) >= 11 is 3.44. The number of methoxy groups -OCH3 is 1. The molecule has 0 amide bonds. The molecule has 1 aromatic carbocycles. The van der Waals surface area contributed by atoms with Gasteiger partial charge in [-0.05, 0) is 28.1 Å². The van der Waals surface area contributed by atoms with Crippen LogP contribution in [0.1, 0.15) is 11.9 Å². The molecular formula is C10H14BrNO2. The lowest BCUT2D eigenvalue weighted by Gasteiger charge is -2.17. The molecule has 1 aromatic rings. The summed E-state index contributed by atoms with van der Waals surface area (Å²) in [5, 5.41) is 9.47. The molecule has 4 heteroatoms. The van der Waals surface area contributed by atoms with Crippen molar-refractivity contribution >= 4 is 21.6 Å². The standard InChI is InChI=1S/C10H14BrNO2/c1-12(2)9-6-7(10(13)14-3)4-5-8(9)11/h4-6,10,13H,1-3H3. The fourth-order valence-corrected chi connectivity index (χ4v) is 1.76. The molecule has 0 radical (unpaired) electrons. The van der Waals surface area contributed by atoms with Crippen LogP contribution in [-0.4, -0.2) is 26.3 Å². The van der Waals surface area contributed by atoms with Crippen molar-refractivity contribution in [2.45, 2.75) is 6.29 Å². The van der Waals surface area contributed by atoms with E-state index in [2.05, 4.69) is 15.9 Å². The van der Waals surface area contributed by atoms with E-state index in [9.17, 15) is 5.11 Å². The van der Waals surface area contributed by atoms with Crippen LogP contribution in [-0.2, 0) is 4.74 Å². The maximum absolute atomic E-state index is 9.47. The molecule has 1 N–H and O–H groups in total. The summed E-state index contributed by atoms with van der Waals surface area (Å²) in [4.78, 5) is 1.97. The number of hydrogen-bond acceptors (Lipinski definition) is 3. The Morgan fingerprint density at radius 2 is 2.07 bits per heavy atom. The Balaban J connectivity index is 3.06. The zero-order valence-electron chi connectivity index (χ0n) is 8.49. The van der Waals surface area contributed by atoms with E-state index in [1.54, 1.807) is 0 Å². The van der Waals surface area contributed by atoms with Gasteiger partial charge in [0.1, 0.15) is 0 Å². The molecule has 0 aliphatic carbocycles. The first kappa shape index (κ1) is 11.5. The highest BCUT2D eigenvalue weighted by Gasteiger charge is 2.09. The lowest BCUT2D eigenvalue weighted by atomic mass is 10.2. The van der Waals surface area contributed by atoms with Crippen LogP contribution in [0.4, 0.5) is 5.69 Å². The summed E-state index contributed by atoms with van der Waals surface area (Å²) in [6.07, 6.45) is -0.859. The average molecular weight is 260 g/mol. The highest BCUT2D eigenvalue weighted by molar-refractivity contribution is 9.10. The zero-order chi connectivity index (χ0) is 10.7. The molecule has 0 saturated carbocycles. The van der Waals surface area contributed by atoms with E-state index in [0.717, 1.165) is 15.7 Å². The Morgan fingerprint density at radius 3 is 2.57 bits per heavy atom.